The lowest BCUT2D eigenvalue weighted by molar-refractivity contribution is 0.563. The molecule has 0 saturated heterocycles. The number of hydrogen-bond acceptors (Lipinski definition) is 0. The molecule has 1 rings (SSSR count). The van der Waals surface area contributed by atoms with E-state index in [9.17, 15) is 0 Å². The molecule has 0 nitrogen and oxygen atoms in total. The smallest absolute Gasteiger partial charge is 0.0193 e. The summed E-state index contributed by atoms with van der Waals surface area (Å²) in [5.74, 6) is 0.833. The molecule has 0 heterocycles. The molecule has 0 aromatic heterocycles. The minimum atomic E-state index is 0.833. The summed E-state index contributed by atoms with van der Waals surface area (Å²) in [4.78, 5) is 0. The molecule has 0 fully saturated rings. The van der Waals surface area contributed by atoms with Crippen molar-refractivity contribution >= 4 is 0 Å². The molecule has 0 aromatic rings. The minimum absolute atomic E-state index is 0.833. The van der Waals surface area contributed by atoms with Crippen LogP contribution in [0.15, 0.2) is 23.8 Å². The van der Waals surface area contributed by atoms with Gasteiger partial charge in [0.25, 0.3) is 0 Å². The standard InChI is InChI=1S/C11H18/c1-3-6-11-8-5-7-10(4-2)9-11/h5,7-8,11H,3-4,6,9H2,1-2H3. The van der Waals surface area contributed by atoms with E-state index in [1.807, 2.05) is 0 Å². The molecule has 1 aliphatic carbocycles. The van der Waals surface area contributed by atoms with Crippen molar-refractivity contribution in [2.24, 2.45) is 5.92 Å². The molecule has 0 amide bonds. The number of allylic oxidation sites excluding steroid dienone is 4. The molecule has 1 aliphatic rings. The van der Waals surface area contributed by atoms with E-state index < -0.39 is 0 Å². The Labute approximate surface area is 70.0 Å². The maximum Gasteiger partial charge on any atom is -0.0193 e. The van der Waals surface area contributed by atoms with E-state index in [2.05, 4.69) is 32.1 Å². The molecule has 0 aromatic carbocycles. The molecule has 11 heavy (non-hydrogen) atoms. The van der Waals surface area contributed by atoms with Gasteiger partial charge in [0.1, 0.15) is 0 Å². The molecule has 0 bridgehead atoms. The Morgan fingerprint density at radius 2 is 2.27 bits per heavy atom. The fraction of sp³-hybridized carbons (Fsp3) is 0.636. The second kappa shape index (κ2) is 4.38. The van der Waals surface area contributed by atoms with Gasteiger partial charge in [-0.2, -0.15) is 0 Å². The summed E-state index contributed by atoms with van der Waals surface area (Å²) in [5.41, 5.74) is 1.62. The van der Waals surface area contributed by atoms with Crippen LogP contribution in [0.4, 0.5) is 0 Å². The largest absolute Gasteiger partial charge is 0.0811 e. The highest BCUT2D eigenvalue weighted by molar-refractivity contribution is 5.19. The van der Waals surface area contributed by atoms with Crippen LogP contribution < -0.4 is 0 Å². The summed E-state index contributed by atoms with van der Waals surface area (Å²) in [5, 5.41) is 0. The minimum Gasteiger partial charge on any atom is -0.0811 e. The van der Waals surface area contributed by atoms with Crippen LogP contribution in [-0.2, 0) is 0 Å². The molecule has 1 unspecified atom stereocenters. The Balaban J connectivity index is 2.41. The average Bonchev–Trinajstić information content (AvgIpc) is 2.06. The fourth-order valence-corrected chi connectivity index (χ4v) is 1.65. The van der Waals surface area contributed by atoms with Crippen LogP contribution in [0.25, 0.3) is 0 Å². The monoisotopic (exact) mass is 150 g/mol. The van der Waals surface area contributed by atoms with E-state index in [-0.39, 0.29) is 0 Å². The van der Waals surface area contributed by atoms with E-state index in [1.165, 1.54) is 25.7 Å². The van der Waals surface area contributed by atoms with Crippen LogP contribution >= 0.6 is 0 Å². The topological polar surface area (TPSA) is 0 Å². The van der Waals surface area contributed by atoms with Crippen LogP contribution in [0.1, 0.15) is 39.5 Å². The molecule has 0 saturated carbocycles. The lowest BCUT2D eigenvalue weighted by atomic mass is 9.90. The van der Waals surface area contributed by atoms with Gasteiger partial charge in [0, 0.05) is 0 Å². The first-order valence-electron chi connectivity index (χ1n) is 4.73. The zero-order valence-electron chi connectivity index (χ0n) is 7.64. The Morgan fingerprint density at radius 1 is 1.45 bits per heavy atom. The molecule has 0 radical (unpaired) electrons. The Hall–Kier alpha value is -0.520. The van der Waals surface area contributed by atoms with Crippen molar-refractivity contribution in [3.8, 4) is 0 Å². The van der Waals surface area contributed by atoms with Crippen molar-refractivity contribution in [1.82, 2.24) is 0 Å². The van der Waals surface area contributed by atoms with E-state index in [0.717, 1.165) is 5.92 Å². The second-order valence-corrected chi connectivity index (χ2v) is 3.32. The van der Waals surface area contributed by atoms with Gasteiger partial charge < -0.3 is 0 Å². The van der Waals surface area contributed by atoms with Gasteiger partial charge in [0.15, 0.2) is 0 Å². The highest BCUT2D eigenvalue weighted by atomic mass is 14.1. The zero-order valence-corrected chi connectivity index (χ0v) is 7.64. The third-order valence-electron chi connectivity index (χ3n) is 2.35. The van der Waals surface area contributed by atoms with Gasteiger partial charge in [-0.05, 0) is 25.2 Å². The van der Waals surface area contributed by atoms with Gasteiger partial charge in [-0.25, -0.2) is 0 Å². The van der Waals surface area contributed by atoms with Crippen molar-refractivity contribution in [1.29, 1.82) is 0 Å². The lowest BCUT2D eigenvalue weighted by Crippen LogP contribution is -2.00. The zero-order chi connectivity index (χ0) is 8.10. The summed E-state index contributed by atoms with van der Waals surface area (Å²) in [6.07, 6.45) is 12.0. The first kappa shape index (κ1) is 8.58. The third kappa shape index (κ3) is 2.53. The highest BCUT2D eigenvalue weighted by Crippen LogP contribution is 2.24. The number of rotatable bonds is 3. The molecule has 0 heteroatoms. The van der Waals surface area contributed by atoms with Crippen LogP contribution in [-0.4, -0.2) is 0 Å². The summed E-state index contributed by atoms with van der Waals surface area (Å²) in [7, 11) is 0. The van der Waals surface area contributed by atoms with Crippen LogP contribution in [0.3, 0.4) is 0 Å². The van der Waals surface area contributed by atoms with Gasteiger partial charge in [0.05, 0.1) is 0 Å². The number of hydrogen-bond donors (Lipinski definition) is 0. The molecule has 0 N–H and O–H groups in total. The van der Waals surface area contributed by atoms with Crippen LogP contribution in [0.5, 0.6) is 0 Å². The summed E-state index contributed by atoms with van der Waals surface area (Å²) >= 11 is 0. The average molecular weight is 150 g/mol. The molecule has 1 atom stereocenters. The molecular formula is C11H18. The van der Waals surface area contributed by atoms with Crippen LogP contribution in [0, 0.1) is 5.92 Å². The van der Waals surface area contributed by atoms with Crippen molar-refractivity contribution in [2.75, 3.05) is 0 Å². The van der Waals surface area contributed by atoms with Gasteiger partial charge in [-0.1, -0.05) is 44.1 Å². The molecule has 0 aliphatic heterocycles. The first-order valence-corrected chi connectivity index (χ1v) is 4.73. The lowest BCUT2D eigenvalue weighted by Gasteiger charge is -2.16. The predicted molar refractivity (Wildman–Crippen MR) is 50.5 cm³/mol. The van der Waals surface area contributed by atoms with Gasteiger partial charge >= 0.3 is 0 Å². The van der Waals surface area contributed by atoms with Gasteiger partial charge in [-0.15, -0.1) is 0 Å². The summed E-state index contributed by atoms with van der Waals surface area (Å²) in [6.45, 7) is 4.51. The Bertz CT molecular complexity index is 163. The molecule has 0 spiro atoms. The third-order valence-corrected chi connectivity index (χ3v) is 2.35. The second-order valence-electron chi connectivity index (χ2n) is 3.32. The Morgan fingerprint density at radius 3 is 2.91 bits per heavy atom. The fourth-order valence-electron chi connectivity index (χ4n) is 1.65. The Kier molecular flexibility index (Phi) is 3.41. The van der Waals surface area contributed by atoms with Gasteiger partial charge in [0.2, 0.25) is 0 Å². The maximum absolute atomic E-state index is 2.35. The van der Waals surface area contributed by atoms with Crippen molar-refractivity contribution in [3.63, 3.8) is 0 Å². The van der Waals surface area contributed by atoms with E-state index in [4.69, 9.17) is 0 Å². The van der Waals surface area contributed by atoms with Crippen molar-refractivity contribution < 1.29 is 0 Å². The summed E-state index contributed by atoms with van der Waals surface area (Å²) in [6, 6.07) is 0. The van der Waals surface area contributed by atoms with Crippen molar-refractivity contribution in [3.05, 3.63) is 23.8 Å². The first-order chi connectivity index (χ1) is 5.36. The maximum atomic E-state index is 2.35. The highest BCUT2D eigenvalue weighted by Gasteiger charge is 2.08. The predicted octanol–water partition coefficient (Wildman–Crippen LogP) is 3.70. The van der Waals surface area contributed by atoms with Gasteiger partial charge in [-0.3, -0.25) is 0 Å². The van der Waals surface area contributed by atoms with E-state index in [1.54, 1.807) is 5.57 Å². The SMILES string of the molecule is CCCC1C=CC=C(CC)C1. The molecular weight excluding hydrogens is 132 g/mol. The van der Waals surface area contributed by atoms with Crippen molar-refractivity contribution in [2.45, 2.75) is 39.5 Å². The van der Waals surface area contributed by atoms with E-state index >= 15 is 0 Å². The van der Waals surface area contributed by atoms with Crippen LogP contribution in [0.2, 0.25) is 0 Å². The molecule has 62 valence electrons. The van der Waals surface area contributed by atoms with E-state index in [0.29, 0.717) is 0 Å². The normalized spacial score (nSPS) is 23.5. The quantitative estimate of drug-likeness (QED) is 0.575. The summed E-state index contributed by atoms with van der Waals surface area (Å²) < 4.78 is 0.